The van der Waals surface area contributed by atoms with Gasteiger partial charge in [-0.1, -0.05) is 0 Å². The van der Waals surface area contributed by atoms with E-state index >= 15 is 0 Å². The molecule has 0 aromatic rings. The third-order valence-corrected chi connectivity index (χ3v) is 2.13. The Morgan fingerprint density at radius 3 is 2.79 bits per heavy atom. The lowest BCUT2D eigenvalue weighted by Crippen LogP contribution is -2.51. The van der Waals surface area contributed by atoms with E-state index in [-0.39, 0.29) is 19.0 Å². The number of nitrogens with one attached hydrogen (secondary N) is 1. The maximum absolute atomic E-state index is 13.1. The Morgan fingerprint density at radius 1 is 1.64 bits per heavy atom. The molecule has 1 rings (SSSR count). The van der Waals surface area contributed by atoms with Gasteiger partial charge < -0.3 is 11.1 Å². The summed E-state index contributed by atoms with van der Waals surface area (Å²) in [6.07, 6.45) is 1.46. The Kier molecular flexibility index (Phi) is 3.31. The number of piperidine rings is 1. The summed E-state index contributed by atoms with van der Waals surface area (Å²) >= 11 is 0. The normalized spacial score (nSPS) is 28.9. The second-order valence-electron chi connectivity index (χ2n) is 4.01. The molecule has 0 aromatic heterocycles. The molecule has 82 valence electrons. The molecule has 1 saturated heterocycles. The van der Waals surface area contributed by atoms with Gasteiger partial charge in [-0.15, -0.1) is 0 Å². The van der Waals surface area contributed by atoms with Crippen LogP contribution in [-0.4, -0.2) is 37.0 Å². The highest BCUT2D eigenvalue weighted by atomic mass is 19.3. The van der Waals surface area contributed by atoms with Crippen molar-refractivity contribution in [2.45, 2.75) is 25.3 Å². The van der Waals surface area contributed by atoms with Gasteiger partial charge in [0, 0.05) is 30.9 Å². The zero-order chi connectivity index (χ0) is 10.8. The van der Waals surface area contributed by atoms with E-state index in [1.807, 2.05) is 0 Å². The van der Waals surface area contributed by atoms with E-state index in [4.69, 9.17) is 5.73 Å². The number of hydrogen-bond acceptors (Lipinski definition) is 3. The first-order valence-electron chi connectivity index (χ1n) is 4.64. The van der Waals surface area contributed by atoms with Crippen molar-refractivity contribution < 1.29 is 8.78 Å². The van der Waals surface area contributed by atoms with E-state index in [0.29, 0.717) is 12.2 Å². The summed E-state index contributed by atoms with van der Waals surface area (Å²) in [6, 6.07) is -0.220. The number of likely N-dealkylation sites (tertiary alicyclic amines) is 1. The Bertz CT molecular complexity index is 224. The van der Waals surface area contributed by atoms with Crippen LogP contribution >= 0.6 is 0 Å². The molecule has 1 aliphatic rings. The van der Waals surface area contributed by atoms with Gasteiger partial charge in [-0.05, 0) is 14.0 Å². The predicted octanol–water partition coefficient (Wildman–Crippen LogP) is 0.735. The first-order chi connectivity index (χ1) is 6.39. The number of nitrogens with two attached hydrogens (primary N) is 1. The molecule has 0 radical (unpaired) electrons. The average molecular weight is 205 g/mol. The quantitative estimate of drug-likeness (QED) is 0.698. The molecule has 3 N–H and O–H groups in total. The van der Waals surface area contributed by atoms with E-state index in [1.54, 1.807) is 25.1 Å². The second-order valence-corrected chi connectivity index (χ2v) is 4.01. The van der Waals surface area contributed by atoms with Crippen LogP contribution in [0.25, 0.3) is 0 Å². The van der Waals surface area contributed by atoms with E-state index in [9.17, 15) is 8.78 Å². The topological polar surface area (TPSA) is 41.3 Å². The minimum absolute atomic E-state index is 0.124. The molecule has 1 fully saturated rings. The summed E-state index contributed by atoms with van der Waals surface area (Å²) in [6.45, 7) is 2.19. The number of likely N-dealkylation sites (N-methyl/N-ethyl adjacent to an activating group) is 1. The van der Waals surface area contributed by atoms with Crippen molar-refractivity contribution in [1.82, 2.24) is 10.2 Å². The minimum Gasteiger partial charge on any atom is -0.401 e. The van der Waals surface area contributed by atoms with Gasteiger partial charge in [-0.3, -0.25) is 4.90 Å². The highest BCUT2D eigenvalue weighted by molar-refractivity contribution is 4.95. The van der Waals surface area contributed by atoms with E-state index in [0.717, 1.165) is 0 Å². The molecule has 0 saturated carbocycles. The smallest absolute Gasteiger partial charge is 0.262 e. The molecule has 1 heterocycles. The Labute approximate surface area is 82.9 Å². The number of halogens is 2. The van der Waals surface area contributed by atoms with Gasteiger partial charge in [0.25, 0.3) is 5.92 Å². The van der Waals surface area contributed by atoms with Crippen LogP contribution in [0.5, 0.6) is 0 Å². The summed E-state index contributed by atoms with van der Waals surface area (Å²) in [7, 11) is 1.70. The van der Waals surface area contributed by atoms with Gasteiger partial charge in [0.05, 0.1) is 6.54 Å². The molecular formula is C9H17F2N3. The molecule has 1 atom stereocenters. The SMILES string of the molecule is C/C(N)=C/NC1CN(C)CC(F)(F)C1. The van der Waals surface area contributed by atoms with Gasteiger partial charge in [0.1, 0.15) is 0 Å². The van der Waals surface area contributed by atoms with Crippen LogP contribution in [0.15, 0.2) is 11.9 Å². The number of alkyl halides is 2. The first-order valence-corrected chi connectivity index (χ1v) is 4.64. The van der Waals surface area contributed by atoms with Crippen LogP contribution in [0.3, 0.4) is 0 Å². The summed E-state index contributed by atoms with van der Waals surface area (Å²) < 4.78 is 26.2. The van der Waals surface area contributed by atoms with Crippen molar-refractivity contribution in [3.63, 3.8) is 0 Å². The van der Waals surface area contributed by atoms with Crippen LogP contribution in [0.1, 0.15) is 13.3 Å². The molecular weight excluding hydrogens is 188 g/mol. The lowest BCUT2D eigenvalue weighted by Gasteiger charge is -2.35. The molecule has 0 aliphatic carbocycles. The van der Waals surface area contributed by atoms with Crippen LogP contribution in [0.4, 0.5) is 8.78 Å². The fourth-order valence-corrected chi connectivity index (χ4v) is 1.69. The van der Waals surface area contributed by atoms with Gasteiger partial charge in [-0.2, -0.15) is 0 Å². The second kappa shape index (κ2) is 4.13. The van der Waals surface area contributed by atoms with Gasteiger partial charge >= 0.3 is 0 Å². The van der Waals surface area contributed by atoms with Crippen molar-refractivity contribution in [1.29, 1.82) is 0 Å². The fraction of sp³-hybridized carbons (Fsp3) is 0.778. The Balaban J connectivity index is 2.50. The van der Waals surface area contributed by atoms with E-state index < -0.39 is 5.92 Å². The third-order valence-electron chi connectivity index (χ3n) is 2.13. The Morgan fingerprint density at radius 2 is 2.29 bits per heavy atom. The predicted molar refractivity (Wildman–Crippen MR) is 51.9 cm³/mol. The molecule has 0 bridgehead atoms. The lowest BCUT2D eigenvalue weighted by atomic mass is 10.0. The molecule has 1 aliphatic heterocycles. The number of nitrogens with zero attached hydrogens (tertiary/aromatic N) is 1. The number of rotatable bonds is 2. The summed E-state index contributed by atoms with van der Waals surface area (Å²) in [4.78, 5) is 1.63. The largest absolute Gasteiger partial charge is 0.401 e. The van der Waals surface area contributed by atoms with Gasteiger partial charge in [0.15, 0.2) is 0 Å². The molecule has 0 aromatic carbocycles. The van der Waals surface area contributed by atoms with Gasteiger partial charge in [-0.25, -0.2) is 8.78 Å². The van der Waals surface area contributed by atoms with Crippen molar-refractivity contribution in [3.8, 4) is 0 Å². The zero-order valence-electron chi connectivity index (χ0n) is 8.56. The highest BCUT2D eigenvalue weighted by Gasteiger charge is 2.38. The fourth-order valence-electron chi connectivity index (χ4n) is 1.69. The summed E-state index contributed by atoms with van der Waals surface area (Å²) in [5.74, 6) is -2.60. The number of hydrogen-bond donors (Lipinski definition) is 2. The van der Waals surface area contributed by atoms with Crippen molar-refractivity contribution >= 4 is 0 Å². The highest BCUT2D eigenvalue weighted by Crippen LogP contribution is 2.25. The molecule has 5 heteroatoms. The average Bonchev–Trinajstić information content (AvgIpc) is 1.96. The lowest BCUT2D eigenvalue weighted by molar-refractivity contribution is -0.0668. The first kappa shape index (κ1) is 11.2. The van der Waals surface area contributed by atoms with Crippen molar-refractivity contribution in [2.24, 2.45) is 5.73 Å². The maximum atomic E-state index is 13.1. The molecule has 0 amide bonds. The third kappa shape index (κ3) is 3.49. The van der Waals surface area contributed by atoms with Crippen molar-refractivity contribution in [2.75, 3.05) is 20.1 Å². The van der Waals surface area contributed by atoms with Crippen LogP contribution in [0, 0.1) is 0 Å². The zero-order valence-corrected chi connectivity index (χ0v) is 8.56. The van der Waals surface area contributed by atoms with E-state index in [1.165, 1.54) is 0 Å². The van der Waals surface area contributed by atoms with E-state index in [2.05, 4.69) is 5.32 Å². The van der Waals surface area contributed by atoms with Gasteiger partial charge in [0.2, 0.25) is 0 Å². The minimum atomic E-state index is -2.60. The molecule has 1 unspecified atom stereocenters. The number of allylic oxidation sites excluding steroid dienone is 1. The molecule has 3 nitrogen and oxygen atoms in total. The van der Waals surface area contributed by atoms with Crippen LogP contribution in [-0.2, 0) is 0 Å². The summed E-state index contributed by atoms with van der Waals surface area (Å²) in [5, 5.41) is 2.90. The van der Waals surface area contributed by atoms with Crippen molar-refractivity contribution in [3.05, 3.63) is 11.9 Å². The monoisotopic (exact) mass is 205 g/mol. The standard InChI is InChI=1S/C9H17F2N3/c1-7(12)4-13-8-3-9(10,11)6-14(2)5-8/h4,8,13H,3,5-6,12H2,1-2H3/b7-4-. The Hall–Kier alpha value is -0.840. The maximum Gasteiger partial charge on any atom is 0.262 e. The van der Waals surface area contributed by atoms with Crippen LogP contribution in [0.2, 0.25) is 0 Å². The van der Waals surface area contributed by atoms with Crippen LogP contribution < -0.4 is 11.1 Å². The summed E-state index contributed by atoms with van der Waals surface area (Å²) in [5.41, 5.74) is 6.01. The molecule has 0 spiro atoms. The molecule has 14 heavy (non-hydrogen) atoms.